The fraction of sp³-hybridized carbons (Fsp3) is 0.238. The van der Waals surface area contributed by atoms with Gasteiger partial charge in [0.1, 0.15) is 17.4 Å². The molecule has 2 heterocycles. The maximum absolute atomic E-state index is 12.6. The van der Waals surface area contributed by atoms with Crippen LogP contribution in [0.1, 0.15) is 18.4 Å². The average Bonchev–Trinajstić information content (AvgIpc) is 3.26. The van der Waals surface area contributed by atoms with Crippen LogP contribution in [0.25, 0.3) is 5.88 Å². The lowest BCUT2D eigenvalue weighted by molar-refractivity contribution is -0.136. The molecule has 1 aromatic carbocycles. The van der Waals surface area contributed by atoms with Crippen molar-refractivity contribution < 1.29 is 23.7 Å². The summed E-state index contributed by atoms with van der Waals surface area (Å²) in [6.07, 6.45) is 3.53. The molecule has 1 aliphatic rings. The van der Waals surface area contributed by atoms with Crippen LogP contribution in [0.2, 0.25) is 0 Å². The van der Waals surface area contributed by atoms with Crippen LogP contribution in [0.3, 0.4) is 0 Å². The molecule has 0 N–H and O–H groups in total. The van der Waals surface area contributed by atoms with Gasteiger partial charge in [-0.25, -0.2) is 4.79 Å². The van der Waals surface area contributed by atoms with Crippen LogP contribution in [-0.4, -0.2) is 31.9 Å². The van der Waals surface area contributed by atoms with E-state index in [4.69, 9.17) is 18.9 Å². The van der Waals surface area contributed by atoms with Gasteiger partial charge in [-0.15, -0.1) is 0 Å². The first-order valence-electron chi connectivity index (χ1n) is 8.52. The van der Waals surface area contributed by atoms with Crippen LogP contribution in [0.5, 0.6) is 11.5 Å². The first-order valence-corrected chi connectivity index (χ1v) is 8.52. The normalized spacial score (nSPS) is 16.3. The van der Waals surface area contributed by atoms with Gasteiger partial charge in [-0.2, -0.15) is 5.26 Å². The number of nitriles is 1. The number of rotatable bonds is 5. The maximum Gasteiger partial charge on any atom is 0.338 e. The van der Waals surface area contributed by atoms with Gasteiger partial charge in [0, 0.05) is 18.0 Å². The number of aromatic nitrogens is 1. The predicted molar refractivity (Wildman–Crippen MR) is 101 cm³/mol. The van der Waals surface area contributed by atoms with Gasteiger partial charge in [-0.1, -0.05) is 12.1 Å². The number of carbonyl (C=O) groups is 1. The Balaban J connectivity index is 2.33. The number of nitrogens with zero attached hydrogens (tertiary/aromatic N) is 2. The molecule has 0 amide bonds. The molecule has 0 radical (unpaired) electrons. The maximum atomic E-state index is 12.6. The largest absolute Gasteiger partial charge is 0.493 e. The van der Waals surface area contributed by atoms with E-state index in [1.54, 1.807) is 42.1 Å². The van der Waals surface area contributed by atoms with Gasteiger partial charge in [0.25, 0.3) is 0 Å². The summed E-state index contributed by atoms with van der Waals surface area (Å²) in [6, 6.07) is 11.2. The molecular weight excluding hydrogens is 360 g/mol. The molecule has 0 fully saturated rings. The summed E-state index contributed by atoms with van der Waals surface area (Å²) >= 11 is 0. The van der Waals surface area contributed by atoms with Crippen LogP contribution in [0.15, 0.2) is 59.6 Å². The van der Waals surface area contributed by atoms with Crippen molar-refractivity contribution in [2.24, 2.45) is 0 Å². The van der Waals surface area contributed by atoms with Gasteiger partial charge >= 0.3 is 5.97 Å². The summed E-state index contributed by atoms with van der Waals surface area (Å²) in [7, 11) is 4.33. The Bertz CT molecular complexity index is 996. The van der Waals surface area contributed by atoms with Crippen molar-refractivity contribution >= 4 is 11.9 Å². The minimum Gasteiger partial charge on any atom is -0.493 e. The van der Waals surface area contributed by atoms with Gasteiger partial charge in [0.15, 0.2) is 11.5 Å². The highest BCUT2D eigenvalue weighted by Gasteiger charge is 2.39. The lowest BCUT2D eigenvalue weighted by Crippen LogP contribution is -2.24. The lowest BCUT2D eigenvalue weighted by atomic mass is 9.82. The molecule has 0 saturated heterocycles. The molecule has 2 aromatic rings. The second kappa shape index (κ2) is 7.92. The van der Waals surface area contributed by atoms with Crippen molar-refractivity contribution in [3.8, 4) is 17.6 Å². The molecule has 0 saturated carbocycles. The van der Waals surface area contributed by atoms with Gasteiger partial charge in [0.2, 0.25) is 5.88 Å². The second-order valence-corrected chi connectivity index (χ2v) is 6.00. The smallest absolute Gasteiger partial charge is 0.338 e. The van der Waals surface area contributed by atoms with E-state index in [0.29, 0.717) is 28.7 Å². The Morgan fingerprint density at radius 2 is 1.86 bits per heavy atom. The van der Waals surface area contributed by atoms with Crippen molar-refractivity contribution in [1.29, 1.82) is 5.26 Å². The van der Waals surface area contributed by atoms with E-state index >= 15 is 0 Å². The zero-order valence-electron chi connectivity index (χ0n) is 16.1. The quantitative estimate of drug-likeness (QED) is 0.739. The van der Waals surface area contributed by atoms with E-state index in [9.17, 15) is 10.1 Å². The van der Waals surface area contributed by atoms with Crippen LogP contribution in [0.4, 0.5) is 0 Å². The third kappa shape index (κ3) is 3.09. The number of ether oxygens (including phenoxy) is 4. The van der Waals surface area contributed by atoms with Crippen LogP contribution in [-0.2, 0) is 14.3 Å². The van der Waals surface area contributed by atoms with E-state index in [-0.39, 0.29) is 11.1 Å². The molecule has 1 aromatic heterocycles. The standard InChI is InChI=1S/C21H20N2O5/c1-13-17(21(24)27-4)18(14-8-7-9-16(25-2)19(14)26-3)15(12-22)20(28-13)23-10-5-6-11-23/h5-11,18H,1-4H3. The Morgan fingerprint density at radius 1 is 1.14 bits per heavy atom. The molecule has 0 aliphatic carbocycles. The Kier molecular flexibility index (Phi) is 5.41. The molecule has 0 bridgehead atoms. The summed E-state index contributed by atoms with van der Waals surface area (Å²) in [6.45, 7) is 1.67. The monoisotopic (exact) mass is 380 g/mol. The number of hydrogen-bond acceptors (Lipinski definition) is 6. The topological polar surface area (TPSA) is 82.7 Å². The fourth-order valence-corrected chi connectivity index (χ4v) is 3.32. The van der Waals surface area contributed by atoms with Gasteiger partial charge in [0.05, 0.1) is 32.8 Å². The summed E-state index contributed by atoms with van der Waals surface area (Å²) < 4.78 is 23.5. The SMILES string of the molecule is COC(=O)C1=C(C)OC(n2cccc2)=C(C#N)C1c1cccc(OC)c1OC. The minimum absolute atomic E-state index is 0.238. The Labute approximate surface area is 163 Å². The van der Waals surface area contributed by atoms with E-state index in [0.717, 1.165) is 0 Å². The number of hydrogen-bond donors (Lipinski definition) is 0. The Hall–Kier alpha value is -3.66. The summed E-state index contributed by atoms with van der Waals surface area (Å²) in [4.78, 5) is 12.6. The number of carbonyl (C=O) groups excluding carboxylic acids is 1. The van der Waals surface area contributed by atoms with Gasteiger partial charge < -0.3 is 18.9 Å². The highest BCUT2D eigenvalue weighted by Crippen LogP contribution is 2.47. The molecule has 1 unspecified atom stereocenters. The first kappa shape index (κ1) is 19.1. The van der Waals surface area contributed by atoms with E-state index in [2.05, 4.69) is 6.07 Å². The molecule has 1 aliphatic heterocycles. The van der Waals surface area contributed by atoms with E-state index in [1.807, 2.05) is 12.1 Å². The van der Waals surface area contributed by atoms with E-state index < -0.39 is 11.9 Å². The van der Waals surface area contributed by atoms with Crippen molar-refractivity contribution in [3.05, 3.63) is 65.2 Å². The zero-order valence-corrected chi connectivity index (χ0v) is 16.1. The van der Waals surface area contributed by atoms with Crippen LogP contribution >= 0.6 is 0 Å². The third-order valence-electron chi connectivity index (χ3n) is 4.55. The zero-order chi connectivity index (χ0) is 20.3. The molecule has 7 nitrogen and oxygen atoms in total. The number of allylic oxidation sites excluding steroid dienone is 2. The highest BCUT2D eigenvalue weighted by atomic mass is 16.5. The molecule has 144 valence electrons. The Morgan fingerprint density at radius 3 is 2.43 bits per heavy atom. The fourth-order valence-electron chi connectivity index (χ4n) is 3.32. The number of methoxy groups -OCH3 is 3. The summed E-state index contributed by atoms with van der Waals surface area (Å²) in [5.41, 5.74) is 1.10. The molecule has 7 heteroatoms. The molecular formula is C21H20N2O5. The number of benzene rings is 1. The predicted octanol–water partition coefficient (Wildman–Crippen LogP) is 3.46. The summed E-state index contributed by atoms with van der Waals surface area (Å²) in [5, 5.41) is 9.99. The van der Waals surface area contributed by atoms with Crippen molar-refractivity contribution in [1.82, 2.24) is 4.57 Å². The molecule has 0 spiro atoms. The third-order valence-corrected chi connectivity index (χ3v) is 4.55. The van der Waals surface area contributed by atoms with E-state index in [1.165, 1.54) is 21.3 Å². The minimum atomic E-state index is -0.742. The number of esters is 1. The highest BCUT2D eigenvalue weighted by molar-refractivity contribution is 5.93. The van der Waals surface area contributed by atoms with Crippen molar-refractivity contribution in [2.75, 3.05) is 21.3 Å². The van der Waals surface area contributed by atoms with Crippen molar-refractivity contribution in [2.45, 2.75) is 12.8 Å². The van der Waals surface area contributed by atoms with Gasteiger partial charge in [-0.3, -0.25) is 4.57 Å². The summed E-state index contributed by atoms with van der Waals surface area (Å²) in [5.74, 6) is 0.288. The first-order chi connectivity index (χ1) is 13.6. The second-order valence-electron chi connectivity index (χ2n) is 6.00. The molecule has 1 atom stereocenters. The van der Waals surface area contributed by atoms with Gasteiger partial charge in [-0.05, 0) is 25.1 Å². The van der Waals surface area contributed by atoms with Crippen LogP contribution in [0, 0.1) is 11.3 Å². The average molecular weight is 380 g/mol. The lowest BCUT2D eigenvalue weighted by Gasteiger charge is -2.29. The van der Waals surface area contributed by atoms with Crippen molar-refractivity contribution in [3.63, 3.8) is 0 Å². The molecule has 28 heavy (non-hydrogen) atoms. The number of para-hydroxylation sites is 1. The van der Waals surface area contributed by atoms with Crippen LogP contribution < -0.4 is 9.47 Å². The molecule has 3 rings (SSSR count).